The van der Waals surface area contributed by atoms with Crippen LogP contribution in [0.1, 0.15) is 19.8 Å². The molecule has 112 valence electrons. The Morgan fingerprint density at radius 3 is 2.70 bits per heavy atom. The van der Waals surface area contributed by atoms with Gasteiger partial charge in [-0.15, -0.1) is 0 Å². The maximum atomic E-state index is 12.0. The summed E-state index contributed by atoms with van der Waals surface area (Å²) in [7, 11) is 1.58. The summed E-state index contributed by atoms with van der Waals surface area (Å²) in [5.74, 6) is 0.628. The third-order valence-corrected chi connectivity index (χ3v) is 4.72. The van der Waals surface area contributed by atoms with E-state index in [4.69, 9.17) is 4.74 Å². The molecule has 1 unspecified atom stereocenters. The molecule has 3 fully saturated rings. The van der Waals surface area contributed by atoms with E-state index in [1.54, 1.807) is 11.9 Å². The molecule has 1 aliphatic carbocycles. The van der Waals surface area contributed by atoms with Crippen LogP contribution < -0.4 is 0 Å². The molecule has 2 saturated heterocycles. The average molecular weight is 281 g/mol. The van der Waals surface area contributed by atoms with Gasteiger partial charge in [-0.3, -0.25) is 14.6 Å². The molecule has 0 aromatic heterocycles. The summed E-state index contributed by atoms with van der Waals surface area (Å²) in [6, 6.07) is -0.399. The van der Waals surface area contributed by atoms with Crippen molar-refractivity contribution < 1.29 is 14.3 Å². The lowest BCUT2D eigenvalue weighted by Gasteiger charge is -2.41. The first-order valence-corrected chi connectivity index (χ1v) is 7.52. The number of amides is 3. The lowest BCUT2D eigenvalue weighted by atomic mass is 9.81. The van der Waals surface area contributed by atoms with Crippen LogP contribution in [0.4, 0.5) is 4.79 Å². The second kappa shape index (κ2) is 5.33. The minimum Gasteiger partial charge on any atom is -0.378 e. The highest BCUT2D eigenvalue weighted by atomic mass is 16.5. The molecule has 0 bridgehead atoms. The fourth-order valence-corrected chi connectivity index (χ4v) is 3.52. The Morgan fingerprint density at radius 1 is 1.25 bits per heavy atom. The molecular formula is C14H23N3O3. The van der Waals surface area contributed by atoms with Crippen LogP contribution in [0.15, 0.2) is 0 Å². The Bertz CT molecular complexity index is 408. The number of fused-ring (bicyclic) bond motifs is 1. The number of carbonyl (C=O) groups excluding carboxylic acids is 2. The zero-order valence-corrected chi connectivity index (χ0v) is 12.2. The Hall–Kier alpha value is -1.14. The molecule has 1 saturated carbocycles. The van der Waals surface area contributed by atoms with Crippen molar-refractivity contribution in [3.05, 3.63) is 0 Å². The summed E-state index contributed by atoms with van der Waals surface area (Å²) in [5.41, 5.74) is 0. The second-order valence-electron chi connectivity index (χ2n) is 6.06. The molecule has 0 aromatic carbocycles. The molecule has 1 atom stereocenters. The van der Waals surface area contributed by atoms with E-state index < -0.39 is 0 Å². The number of hydrogen-bond donors (Lipinski definition) is 0. The van der Waals surface area contributed by atoms with Crippen LogP contribution in [0.3, 0.4) is 0 Å². The fraction of sp³-hybridized carbons (Fsp3) is 0.857. The third kappa shape index (κ3) is 2.31. The first-order chi connectivity index (χ1) is 9.60. The highest BCUT2D eigenvalue weighted by Crippen LogP contribution is 2.31. The van der Waals surface area contributed by atoms with Crippen molar-refractivity contribution in [3.63, 3.8) is 0 Å². The lowest BCUT2D eigenvalue weighted by molar-refractivity contribution is -0.128. The Balaban J connectivity index is 1.50. The number of nitrogens with zero attached hydrogens (tertiary/aromatic N) is 3. The Kier molecular flexibility index (Phi) is 3.69. The van der Waals surface area contributed by atoms with Crippen molar-refractivity contribution in [2.24, 2.45) is 5.92 Å². The second-order valence-corrected chi connectivity index (χ2v) is 6.06. The Labute approximate surface area is 119 Å². The number of likely N-dealkylation sites (N-methyl/N-ethyl adjacent to an activating group) is 1. The summed E-state index contributed by atoms with van der Waals surface area (Å²) in [5, 5.41) is 0. The fourth-order valence-electron chi connectivity index (χ4n) is 3.52. The van der Waals surface area contributed by atoms with Crippen molar-refractivity contribution in [2.75, 3.05) is 39.8 Å². The van der Waals surface area contributed by atoms with Crippen molar-refractivity contribution in [2.45, 2.75) is 31.9 Å². The number of urea groups is 1. The third-order valence-electron chi connectivity index (χ3n) is 4.72. The van der Waals surface area contributed by atoms with Gasteiger partial charge in [0.15, 0.2) is 0 Å². The van der Waals surface area contributed by atoms with Crippen molar-refractivity contribution in [3.8, 4) is 0 Å². The van der Waals surface area contributed by atoms with E-state index in [2.05, 4.69) is 4.90 Å². The van der Waals surface area contributed by atoms with Gasteiger partial charge in [-0.2, -0.15) is 0 Å². The zero-order valence-electron chi connectivity index (χ0n) is 12.2. The minimum atomic E-state index is -0.260. The van der Waals surface area contributed by atoms with Gasteiger partial charge in [0.2, 0.25) is 0 Å². The summed E-state index contributed by atoms with van der Waals surface area (Å²) in [4.78, 5) is 29.2. The van der Waals surface area contributed by atoms with Crippen LogP contribution in [-0.4, -0.2) is 78.6 Å². The number of piperazine rings is 1. The van der Waals surface area contributed by atoms with E-state index in [1.807, 2.05) is 6.92 Å². The summed E-state index contributed by atoms with van der Waals surface area (Å²) >= 11 is 0. The molecule has 0 N–H and O–H groups in total. The molecule has 6 nitrogen and oxygen atoms in total. The maximum absolute atomic E-state index is 12.0. The topological polar surface area (TPSA) is 53.1 Å². The van der Waals surface area contributed by atoms with Gasteiger partial charge in [0.05, 0.1) is 6.10 Å². The van der Waals surface area contributed by atoms with E-state index in [9.17, 15) is 9.59 Å². The van der Waals surface area contributed by atoms with Gasteiger partial charge < -0.3 is 9.64 Å². The normalized spacial score (nSPS) is 34.4. The molecule has 3 rings (SSSR count). The van der Waals surface area contributed by atoms with E-state index in [-0.39, 0.29) is 18.0 Å². The maximum Gasteiger partial charge on any atom is 0.327 e. The monoisotopic (exact) mass is 281 g/mol. The SMILES string of the molecule is CCOC1CC(CN2CCN3C(=O)N(C)C(=O)C3C2)C1. The van der Waals surface area contributed by atoms with Crippen LogP contribution in [0, 0.1) is 5.92 Å². The van der Waals surface area contributed by atoms with E-state index >= 15 is 0 Å². The van der Waals surface area contributed by atoms with Gasteiger partial charge in [-0.1, -0.05) is 0 Å². The molecule has 3 amide bonds. The number of hydrogen-bond acceptors (Lipinski definition) is 4. The van der Waals surface area contributed by atoms with Gasteiger partial charge in [0.25, 0.3) is 5.91 Å². The van der Waals surface area contributed by atoms with Crippen LogP contribution >= 0.6 is 0 Å². The van der Waals surface area contributed by atoms with E-state index in [0.29, 0.717) is 25.1 Å². The van der Waals surface area contributed by atoms with Crippen molar-refractivity contribution in [1.29, 1.82) is 0 Å². The summed E-state index contributed by atoms with van der Waals surface area (Å²) in [6.45, 7) is 6.08. The van der Waals surface area contributed by atoms with Crippen LogP contribution in [0.25, 0.3) is 0 Å². The van der Waals surface area contributed by atoms with Crippen LogP contribution in [0.2, 0.25) is 0 Å². The molecule has 3 aliphatic rings. The van der Waals surface area contributed by atoms with Gasteiger partial charge in [0, 0.05) is 39.8 Å². The number of carbonyl (C=O) groups is 2. The first-order valence-electron chi connectivity index (χ1n) is 7.52. The standard InChI is InChI=1S/C14H23N3O3/c1-3-20-11-6-10(7-11)8-16-4-5-17-12(9-16)13(18)15(2)14(17)19/h10-12H,3-9H2,1-2H3. The lowest BCUT2D eigenvalue weighted by Crippen LogP contribution is -2.54. The number of ether oxygens (including phenoxy) is 1. The number of imide groups is 1. The molecule has 0 aromatic rings. The zero-order chi connectivity index (χ0) is 14.3. The molecular weight excluding hydrogens is 258 g/mol. The van der Waals surface area contributed by atoms with Gasteiger partial charge in [0.1, 0.15) is 6.04 Å². The largest absolute Gasteiger partial charge is 0.378 e. The Morgan fingerprint density at radius 2 is 2.00 bits per heavy atom. The smallest absolute Gasteiger partial charge is 0.327 e. The molecule has 20 heavy (non-hydrogen) atoms. The van der Waals surface area contributed by atoms with Gasteiger partial charge >= 0.3 is 6.03 Å². The molecule has 6 heteroatoms. The molecule has 2 heterocycles. The molecule has 0 spiro atoms. The highest BCUT2D eigenvalue weighted by Gasteiger charge is 2.46. The quantitative estimate of drug-likeness (QED) is 0.699. The minimum absolute atomic E-state index is 0.0551. The van der Waals surface area contributed by atoms with Gasteiger partial charge in [-0.05, 0) is 25.7 Å². The number of rotatable bonds is 4. The van der Waals surface area contributed by atoms with Crippen LogP contribution in [0.5, 0.6) is 0 Å². The van der Waals surface area contributed by atoms with E-state index in [0.717, 1.165) is 32.5 Å². The summed E-state index contributed by atoms with van der Waals surface area (Å²) < 4.78 is 5.58. The summed E-state index contributed by atoms with van der Waals surface area (Å²) in [6.07, 6.45) is 2.70. The molecule has 0 radical (unpaired) electrons. The highest BCUT2D eigenvalue weighted by molar-refractivity contribution is 6.04. The van der Waals surface area contributed by atoms with Crippen molar-refractivity contribution >= 4 is 11.9 Å². The predicted octanol–water partition coefficient (Wildman–Crippen LogP) is 0.380. The average Bonchev–Trinajstić information content (AvgIpc) is 2.62. The van der Waals surface area contributed by atoms with E-state index in [1.165, 1.54) is 4.90 Å². The van der Waals surface area contributed by atoms with Crippen LogP contribution in [-0.2, 0) is 9.53 Å². The van der Waals surface area contributed by atoms with Gasteiger partial charge in [-0.25, -0.2) is 4.79 Å². The predicted molar refractivity (Wildman–Crippen MR) is 73.2 cm³/mol. The molecule has 2 aliphatic heterocycles. The first kappa shape index (κ1) is 13.8. The van der Waals surface area contributed by atoms with Crippen molar-refractivity contribution in [1.82, 2.24) is 14.7 Å².